The predicted molar refractivity (Wildman–Crippen MR) is 82.5 cm³/mol. The number of hydrogen-bond acceptors (Lipinski definition) is 4. The van der Waals surface area contributed by atoms with Crippen molar-refractivity contribution in [3.8, 4) is 0 Å². The van der Waals surface area contributed by atoms with Gasteiger partial charge >= 0.3 is 5.97 Å². The predicted octanol–water partition coefficient (Wildman–Crippen LogP) is 2.56. The molecule has 1 saturated carbocycles. The first-order valence-electron chi connectivity index (χ1n) is 7.97. The molecule has 0 bridgehead atoms. The Kier molecular flexibility index (Phi) is 6.46. The van der Waals surface area contributed by atoms with Gasteiger partial charge in [-0.1, -0.05) is 19.8 Å². The molecular weight excluding hydrogens is 252 g/mol. The van der Waals surface area contributed by atoms with Crippen molar-refractivity contribution >= 4 is 5.97 Å². The van der Waals surface area contributed by atoms with E-state index in [1.807, 2.05) is 6.92 Å². The van der Waals surface area contributed by atoms with Crippen LogP contribution in [-0.4, -0.2) is 42.1 Å². The fourth-order valence-corrected chi connectivity index (χ4v) is 3.37. The second-order valence-corrected chi connectivity index (χ2v) is 6.69. The molecule has 0 aliphatic heterocycles. The lowest BCUT2D eigenvalue weighted by Crippen LogP contribution is -2.53. The van der Waals surface area contributed by atoms with Crippen molar-refractivity contribution in [3.05, 3.63) is 0 Å². The second kappa shape index (κ2) is 7.41. The molecule has 0 heterocycles. The maximum Gasteiger partial charge on any atom is 0.325 e. The van der Waals surface area contributed by atoms with Crippen LogP contribution in [0.4, 0.5) is 0 Å². The largest absolute Gasteiger partial charge is 0.465 e. The zero-order valence-corrected chi connectivity index (χ0v) is 13.8. The zero-order valence-electron chi connectivity index (χ0n) is 13.8. The molecule has 2 N–H and O–H groups in total. The van der Waals surface area contributed by atoms with Gasteiger partial charge < -0.3 is 15.4 Å². The number of nitrogens with zero attached hydrogens (tertiary/aromatic N) is 1. The molecule has 1 fully saturated rings. The first kappa shape index (κ1) is 17.4. The van der Waals surface area contributed by atoms with Crippen molar-refractivity contribution in [2.45, 2.75) is 77.4 Å². The molecule has 0 aromatic heterocycles. The van der Waals surface area contributed by atoms with Gasteiger partial charge in [0, 0.05) is 12.1 Å². The van der Waals surface area contributed by atoms with Crippen LogP contribution < -0.4 is 5.73 Å². The van der Waals surface area contributed by atoms with Crippen LogP contribution in [0.3, 0.4) is 0 Å². The number of rotatable bonds is 6. The van der Waals surface area contributed by atoms with Crippen LogP contribution in [0, 0.1) is 5.92 Å². The SMILES string of the molecule is CCOC(=O)C(C)(N)CC(C)N(C)C1CCCCC1C. The number of esters is 1. The smallest absolute Gasteiger partial charge is 0.325 e. The van der Waals surface area contributed by atoms with E-state index in [0.717, 1.165) is 5.92 Å². The Morgan fingerprint density at radius 2 is 2.05 bits per heavy atom. The molecule has 1 aliphatic rings. The normalized spacial score (nSPS) is 27.9. The Hall–Kier alpha value is -0.610. The summed E-state index contributed by atoms with van der Waals surface area (Å²) in [5, 5.41) is 0. The minimum absolute atomic E-state index is 0.278. The third kappa shape index (κ3) is 4.45. The molecule has 0 aromatic carbocycles. The minimum Gasteiger partial charge on any atom is -0.465 e. The first-order chi connectivity index (χ1) is 9.29. The topological polar surface area (TPSA) is 55.6 Å². The van der Waals surface area contributed by atoms with E-state index >= 15 is 0 Å². The second-order valence-electron chi connectivity index (χ2n) is 6.69. The lowest BCUT2D eigenvalue weighted by atomic mass is 9.83. The lowest BCUT2D eigenvalue weighted by molar-refractivity contribution is -0.149. The molecule has 118 valence electrons. The number of hydrogen-bond donors (Lipinski definition) is 1. The van der Waals surface area contributed by atoms with Crippen molar-refractivity contribution in [3.63, 3.8) is 0 Å². The Bertz CT molecular complexity index is 318. The van der Waals surface area contributed by atoms with Crippen molar-refractivity contribution in [1.82, 2.24) is 4.90 Å². The van der Waals surface area contributed by atoms with Crippen molar-refractivity contribution in [2.24, 2.45) is 11.7 Å². The average molecular weight is 284 g/mol. The summed E-state index contributed by atoms with van der Waals surface area (Å²) in [6.07, 6.45) is 5.84. The lowest BCUT2D eigenvalue weighted by Gasteiger charge is -2.41. The van der Waals surface area contributed by atoms with Gasteiger partial charge in [0.15, 0.2) is 0 Å². The van der Waals surface area contributed by atoms with Crippen molar-refractivity contribution < 1.29 is 9.53 Å². The summed E-state index contributed by atoms with van der Waals surface area (Å²) in [6, 6.07) is 0.886. The summed E-state index contributed by atoms with van der Waals surface area (Å²) in [5.74, 6) is 0.430. The Morgan fingerprint density at radius 3 is 2.60 bits per heavy atom. The van der Waals surface area contributed by atoms with E-state index in [9.17, 15) is 4.79 Å². The molecule has 0 radical (unpaired) electrons. The maximum absolute atomic E-state index is 11.9. The molecule has 0 amide bonds. The summed E-state index contributed by atoms with van der Waals surface area (Å²) in [4.78, 5) is 14.3. The van der Waals surface area contributed by atoms with Crippen LogP contribution in [0.2, 0.25) is 0 Å². The number of carbonyl (C=O) groups is 1. The van der Waals surface area contributed by atoms with Crippen LogP contribution in [0.5, 0.6) is 0 Å². The summed E-state index contributed by atoms with van der Waals surface area (Å²) < 4.78 is 5.07. The van der Waals surface area contributed by atoms with Gasteiger partial charge in [0.25, 0.3) is 0 Å². The van der Waals surface area contributed by atoms with Gasteiger partial charge in [0.05, 0.1) is 6.61 Å². The fraction of sp³-hybridized carbons (Fsp3) is 0.938. The van der Waals surface area contributed by atoms with E-state index in [1.165, 1.54) is 25.7 Å². The highest BCUT2D eigenvalue weighted by molar-refractivity contribution is 5.80. The third-order valence-electron chi connectivity index (χ3n) is 4.75. The molecule has 0 aromatic rings. The zero-order chi connectivity index (χ0) is 15.3. The highest BCUT2D eigenvalue weighted by Gasteiger charge is 2.35. The Balaban J connectivity index is 2.60. The van der Waals surface area contributed by atoms with E-state index in [1.54, 1.807) is 6.92 Å². The first-order valence-corrected chi connectivity index (χ1v) is 7.97. The van der Waals surface area contributed by atoms with E-state index in [-0.39, 0.29) is 12.0 Å². The van der Waals surface area contributed by atoms with Gasteiger partial charge in [-0.25, -0.2) is 0 Å². The van der Waals surface area contributed by atoms with Crippen molar-refractivity contribution in [2.75, 3.05) is 13.7 Å². The maximum atomic E-state index is 11.9. The Morgan fingerprint density at radius 1 is 1.45 bits per heavy atom. The molecule has 0 saturated heterocycles. The molecule has 4 nitrogen and oxygen atoms in total. The van der Waals surface area contributed by atoms with Gasteiger partial charge in [0.2, 0.25) is 0 Å². The standard InChI is InChI=1S/C16H32N2O2/c1-6-20-15(19)16(4,17)11-13(3)18(5)14-10-8-7-9-12(14)2/h12-14H,6-11,17H2,1-5H3. The average Bonchev–Trinajstić information content (AvgIpc) is 2.38. The van der Waals surface area contributed by atoms with Gasteiger partial charge in [-0.05, 0) is 53.0 Å². The van der Waals surface area contributed by atoms with Crippen LogP contribution in [0.15, 0.2) is 0 Å². The summed E-state index contributed by atoms with van der Waals surface area (Å²) in [6.45, 7) is 8.47. The summed E-state index contributed by atoms with van der Waals surface area (Å²) in [7, 11) is 2.17. The highest BCUT2D eigenvalue weighted by Crippen LogP contribution is 2.29. The van der Waals surface area contributed by atoms with E-state index < -0.39 is 5.54 Å². The molecule has 4 heteroatoms. The Labute approximate surface area is 124 Å². The molecule has 4 unspecified atom stereocenters. The van der Waals surface area contributed by atoms with Crippen molar-refractivity contribution in [1.29, 1.82) is 0 Å². The van der Waals surface area contributed by atoms with Gasteiger partial charge in [-0.15, -0.1) is 0 Å². The minimum atomic E-state index is -0.901. The fourth-order valence-electron chi connectivity index (χ4n) is 3.37. The highest BCUT2D eigenvalue weighted by atomic mass is 16.5. The molecule has 4 atom stereocenters. The number of carbonyl (C=O) groups excluding carboxylic acids is 1. The monoisotopic (exact) mass is 284 g/mol. The molecule has 1 aliphatic carbocycles. The van der Waals surface area contributed by atoms with Crippen LogP contribution in [-0.2, 0) is 9.53 Å². The molecule has 0 spiro atoms. The van der Waals surface area contributed by atoms with Crippen LogP contribution >= 0.6 is 0 Å². The van der Waals surface area contributed by atoms with E-state index in [0.29, 0.717) is 19.1 Å². The summed E-state index contributed by atoms with van der Waals surface area (Å²) in [5.41, 5.74) is 5.25. The molecule has 20 heavy (non-hydrogen) atoms. The van der Waals surface area contributed by atoms with Gasteiger partial charge in [-0.3, -0.25) is 4.79 Å². The number of ether oxygens (including phenoxy) is 1. The molecular formula is C16H32N2O2. The third-order valence-corrected chi connectivity index (χ3v) is 4.75. The van der Waals surface area contributed by atoms with Crippen LogP contribution in [0.1, 0.15) is 59.8 Å². The van der Waals surface area contributed by atoms with Crippen LogP contribution in [0.25, 0.3) is 0 Å². The molecule has 1 rings (SSSR count). The van der Waals surface area contributed by atoms with Gasteiger partial charge in [-0.2, -0.15) is 0 Å². The van der Waals surface area contributed by atoms with E-state index in [4.69, 9.17) is 10.5 Å². The summed E-state index contributed by atoms with van der Waals surface area (Å²) >= 11 is 0. The number of nitrogens with two attached hydrogens (primary N) is 1. The van der Waals surface area contributed by atoms with E-state index in [2.05, 4.69) is 25.8 Å². The quantitative estimate of drug-likeness (QED) is 0.762. The van der Waals surface area contributed by atoms with Gasteiger partial charge in [0.1, 0.15) is 5.54 Å².